The van der Waals surface area contributed by atoms with E-state index in [1.807, 2.05) is 0 Å². The highest BCUT2D eigenvalue weighted by molar-refractivity contribution is 9.10. The molecule has 2 aromatic carbocycles. The summed E-state index contributed by atoms with van der Waals surface area (Å²) >= 11 is 3.39. The summed E-state index contributed by atoms with van der Waals surface area (Å²) in [5, 5.41) is 5.53. The molecule has 0 bridgehead atoms. The van der Waals surface area contributed by atoms with Crippen LogP contribution in [0.25, 0.3) is 0 Å². The second kappa shape index (κ2) is 8.52. The molecule has 0 aromatic heterocycles. The van der Waals surface area contributed by atoms with Crippen molar-refractivity contribution in [3.8, 4) is 17.2 Å². The number of amides is 1. The highest BCUT2D eigenvalue weighted by Crippen LogP contribution is 2.37. The zero-order valence-electron chi connectivity index (χ0n) is 16.3. The number of esters is 1. The lowest BCUT2D eigenvalue weighted by Gasteiger charge is -2.20. The molecule has 3 rings (SSSR count). The molecular formula is C20H19BrN2O6. The van der Waals surface area contributed by atoms with Gasteiger partial charge >= 0.3 is 5.97 Å². The Bertz CT molecular complexity index is 991. The van der Waals surface area contributed by atoms with Crippen molar-refractivity contribution in [3.63, 3.8) is 0 Å². The highest BCUT2D eigenvalue weighted by atomic mass is 79.9. The molecule has 0 saturated heterocycles. The van der Waals surface area contributed by atoms with Crippen LogP contribution in [0.5, 0.6) is 17.2 Å². The van der Waals surface area contributed by atoms with Crippen molar-refractivity contribution >= 4 is 33.7 Å². The van der Waals surface area contributed by atoms with Gasteiger partial charge in [-0.15, -0.1) is 5.10 Å². The Morgan fingerprint density at radius 1 is 1.03 bits per heavy atom. The van der Waals surface area contributed by atoms with Gasteiger partial charge in [0.05, 0.1) is 19.8 Å². The smallest absolute Gasteiger partial charge is 0.308 e. The van der Waals surface area contributed by atoms with Gasteiger partial charge in [-0.25, -0.2) is 0 Å². The highest BCUT2D eigenvalue weighted by Gasteiger charge is 2.35. The fourth-order valence-corrected chi connectivity index (χ4v) is 3.17. The Morgan fingerprint density at radius 3 is 2.34 bits per heavy atom. The predicted molar refractivity (Wildman–Crippen MR) is 108 cm³/mol. The van der Waals surface area contributed by atoms with E-state index in [4.69, 9.17) is 18.9 Å². The molecule has 0 N–H and O–H groups in total. The summed E-state index contributed by atoms with van der Waals surface area (Å²) in [6, 6.07) is 10.2. The lowest BCUT2D eigenvalue weighted by atomic mass is 10.1. The number of hydrazone groups is 1. The first-order valence-corrected chi connectivity index (χ1v) is 9.38. The van der Waals surface area contributed by atoms with Gasteiger partial charge in [0, 0.05) is 23.9 Å². The number of benzene rings is 2. The number of ether oxygens (including phenoxy) is 4. The first-order chi connectivity index (χ1) is 13.8. The Morgan fingerprint density at radius 2 is 1.72 bits per heavy atom. The van der Waals surface area contributed by atoms with Crippen molar-refractivity contribution in [1.29, 1.82) is 0 Å². The quantitative estimate of drug-likeness (QED) is 0.497. The topological polar surface area (TPSA) is 86.7 Å². The zero-order valence-corrected chi connectivity index (χ0v) is 17.8. The molecule has 0 fully saturated rings. The first kappa shape index (κ1) is 20.7. The standard InChI is InChI=1S/C20H19BrN2O6/c1-11(24)23-20(13-5-7-17(26-3)18(9-13)27-4)29-19(22-23)15-10-14(21)6-8-16(15)28-12(2)25/h5-10,20H,1-4H3/t20-/m1/s1. The SMILES string of the molecule is COc1ccc([C@H]2OC(c3cc(Br)ccc3OC(C)=O)=NN2C(C)=O)cc1OC. The monoisotopic (exact) mass is 462 g/mol. The number of methoxy groups -OCH3 is 2. The normalized spacial score (nSPS) is 15.4. The van der Waals surface area contributed by atoms with E-state index < -0.39 is 12.2 Å². The van der Waals surface area contributed by atoms with Crippen molar-refractivity contribution in [3.05, 3.63) is 52.0 Å². The molecule has 8 nitrogen and oxygen atoms in total. The van der Waals surface area contributed by atoms with Crippen LogP contribution in [0.15, 0.2) is 46.0 Å². The Labute approximate surface area is 176 Å². The Kier molecular flexibility index (Phi) is 6.07. The van der Waals surface area contributed by atoms with Gasteiger partial charge in [-0.3, -0.25) is 9.59 Å². The maximum Gasteiger partial charge on any atom is 0.308 e. The number of carbonyl (C=O) groups excluding carboxylic acids is 2. The van der Waals surface area contributed by atoms with Crippen LogP contribution in [0.2, 0.25) is 0 Å². The Balaban J connectivity index is 2.01. The molecule has 1 atom stereocenters. The summed E-state index contributed by atoms with van der Waals surface area (Å²) in [6.45, 7) is 2.69. The summed E-state index contributed by atoms with van der Waals surface area (Å²) in [5.74, 6) is 0.673. The number of hydrogen-bond donors (Lipinski definition) is 0. The van der Waals surface area contributed by atoms with Crippen LogP contribution in [0.4, 0.5) is 0 Å². The van der Waals surface area contributed by atoms with Gasteiger partial charge in [-0.1, -0.05) is 15.9 Å². The van der Waals surface area contributed by atoms with Gasteiger partial charge in [-0.05, 0) is 36.4 Å². The zero-order chi connectivity index (χ0) is 21.1. The van der Waals surface area contributed by atoms with Crippen LogP contribution < -0.4 is 14.2 Å². The van der Waals surface area contributed by atoms with Crippen molar-refractivity contribution in [2.75, 3.05) is 14.2 Å². The largest absolute Gasteiger partial charge is 0.493 e. The molecule has 29 heavy (non-hydrogen) atoms. The number of hydrogen-bond acceptors (Lipinski definition) is 7. The molecule has 1 aliphatic heterocycles. The summed E-state index contributed by atoms with van der Waals surface area (Å²) in [7, 11) is 3.06. The molecule has 1 amide bonds. The molecule has 0 unspecified atom stereocenters. The van der Waals surface area contributed by atoms with Gasteiger partial charge < -0.3 is 18.9 Å². The van der Waals surface area contributed by atoms with Crippen molar-refractivity contribution in [2.45, 2.75) is 20.1 Å². The van der Waals surface area contributed by atoms with Crippen LogP contribution in [0.3, 0.4) is 0 Å². The Hall–Kier alpha value is -3.07. The summed E-state index contributed by atoms with van der Waals surface area (Å²) < 4.78 is 22.6. The fourth-order valence-electron chi connectivity index (χ4n) is 2.81. The van der Waals surface area contributed by atoms with Crippen LogP contribution in [-0.2, 0) is 14.3 Å². The molecule has 1 heterocycles. The van der Waals surface area contributed by atoms with Gasteiger partial charge in [-0.2, -0.15) is 5.01 Å². The third-order valence-electron chi connectivity index (χ3n) is 4.09. The molecular weight excluding hydrogens is 444 g/mol. The number of carbonyl (C=O) groups is 2. The fraction of sp³-hybridized carbons (Fsp3) is 0.250. The van der Waals surface area contributed by atoms with Crippen LogP contribution in [0.1, 0.15) is 31.2 Å². The molecule has 1 aliphatic rings. The number of halogens is 1. The van der Waals surface area contributed by atoms with E-state index >= 15 is 0 Å². The van der Waals surface area contributed by atoms with E-state index in [1.54, 1.807) is 36.4 Å². The lowest BCUT2D eigenvalue weighted by molar-refractivity contribution is -0.135. The van der Waals surface area contributed by atoms with E-state index in [2.05, 4.69) is 21.0 Å². The van der Waals surface area contributed by atoms with Crippen LogP contribution >= 0.6 is 15.9 Å². The van der Waals surface area contributed by atoms with Gasteiger partial charge in [0.15, 0.2) is 11.5 Å². The molecule has 0 aliphatic carbocycles. The van der Waals surface area contributed by atoms with E-state index in [1.165, 1.54) is 33.1 Å². The second-order valence-corrected chi connectivity index (χ2v) is 7.00. The third kappa shape index (κ3) is 4.34. The van der Waals surface area contributed by atoms with Crippen LogP contribution in [-0.4, -0.2) is 37.0 Å². The third-order valence-corrected chi connectivity index (χ3v) is 4.58. The summed E-state index contributed by atoms with van der Waals surface area (Å²) in [4.78, 5) is 23.7. The lowest BCUT2D eigenvalue weighted by Crippen LogP contribution is -2.25. The minimum absolute atomic E-state index is 0.150. The average Bonchev–Trinajstić information content (AvgIpc) is 3.14. The minimum Gasteiger partial charge on any atom is -0.493 e. The average molecular weight is 463 g/mol. The molecule has 0 radical (unpaired) electrons. The number of nitrogens with zero attached hydrogens (tertiary/aromatic N) is 2. The van der Waals surface area contributed by atoms with Crippen molar-refractivity contribution in [2.24, 2.45) is 5.10 Å². The van der Waals surface area contributed by atoms with Gasteiger partial charge in [0.1, 0.15) is 5.75 Å². The van der Waals surface area contributed by atoms with Gasteiger partial charge in [0.2, 0.25) is 18.0 Å². The summed E-state index contributed by atoms with van der Waals surface area (Å²) in [6.07, 6.45) is -0.813. The maximum atomic E-state index is 12.2. The molecule has 0 saturated carbocycles. The molecule has 0 spiro atoms. The second-order valence-electron chi connectivity index (χ2n) is 6.09. The van der Waals surface area contributed by atoms with E-state index in [0.717, 1.165) is 4.47 Å². The first-order valence-electron chi connectivity index (χ1n) is 8.59. The minimum atomic E-state index is -0.813. The predicted octanol–water partition coefficient (Wildman–Crippen LogP) is 3.63. The number of rotatable bonds is 5. The molecule has 2 aromatic rings. The maximum absolute atomic E-state index is 12.2. The van der Waals surface area contributed by atoms with Crippen molar-refractivity contribution < 1.29 is 28.5 Å². The van der Waals surface area contributed by atoms with Crippen molar-refractivity contribution in [1.82, 2.24) is 5.01 Å². The van der Waals surface area contributed by atoms with E-state index in [0.29, 0.717) is 22.6 Å². The van der Waals surface area contributed by atoms with E-state index in [-0.39, 0.29) is 17.6 Å². The summed E-state index contributed by atoms with van der Waals surface area (Å²) in [5.41, 5.74) is 1.07. The molecule has 152 valence electrons. The van der Waals surface area contributed by atoms with Crippen LogP contribution in [0, 0.1) is 0 Å². The van der Waals surface area contributed by atoms with E-state index in [9.17, 15) is 9.59 Å². The van der Waals surface area contributed by atoms with Gasteiger partial charge in [0.25, 0.3) is 0 Å². The molecule has 9 heteroatoms.